The van der Waals surface area contributed by atoms with Crippen LogP contribution in [0.3, 0.4) is 0 Å². The van der Waals surface area contributed by atoms with Gasteiger partial charge in [-0.2, -0.15) is 0 Å². The summed E-state index contributed by atoms with van der Waals surface area (Å²) in [6.07, 6.45) is 5.44. The minimum Gasteiger partial charge on any atom is -0.477 e. The maximum absolute atomic E-state index is 12.7. The number of carbonyl (C=O) groups excluding carboxylic acids is 1. The van der Waals surface area contributed by atoms with E-state index in [4.69, 9.17) is 9.84 Å². The van der Waals surface area contributed by atoms with Gasteiger partial charge in [0.05, 0.1) is 5.56 Å². The predicted molar refractivity (Wildman–Crippen MR) is 78.8 cm³/mol. The molecule has 1 aromatic rings. The van der Waals surface area contributed by atoms with Gasteiger partial charge < -0.3 is 14.7 Å². The van der Waals surface area contributed by atoms with Gasteiger partial charge in [0, 0.05) is 32.0 Å². The molecule has 0 spiro atoms. The van der Waals surface area contributed by atoms with Gasteiger partial charge in [-0.15, -0.1) is 0 Å². The number of carbonyl (C=O) groups is 2. The number of likely N-dealkylation sites (tertiary alicyclic amines) is 1. The van der Waals surface area contributed by atoms with Gasteiger partial charge in [0.1, 0.15) is 5.69 Å². The van der Waals surface area contributed by atoms with Gasteiger partial charge in [-0.25, -0.2) is 9.78 Å². The van der Waals surface area contributed by atoms with Crippen LogP contribution in [-0.4, -0.2) is 52.7 Å². The highest BCUT2D eigenvalue weighted by Gasteiger charge is 2.35. The third kappa shape index (κ3) is 2.97. The van der Waals surface area contributed by atoms with Gasteiger partial charge in [0.25, 0.3) is 5.91 Å². The Balaban J connectivity index is 1.73. The van der Waals surface area contributed by atoms with Crippen LogP contribution in [0.1, 0.15) is 46.5 Å². The number of hydrogen-bond acceptors (Lipinski definition) is 4. The molecule has 1 atom stereocenters. The van der Waals surface area contributed by atoms with Crippen LogP contribution < -0.4 is 0 Å². The van der Waals surface area contributed by atoms with Gasteiger partial charge in [-0.05, 0) is 43.7 Å². The summed E-state index contributed by atoms with van der Waals surface area (Å²) in [5, 5.41) is 8.87. The van der Waals surface area contributed by atoms with E-state index in [0.29, 0.717) is 11.5 Å². The van der Waals surface area contributed by atoms with Crippen molar-refractivity contribution in [1.82, 2.24) is 9.88 Å². The first kappa shape index (κ1) is 15.0. The van der Waals surface area contributed by atoms with Crippen LogP contribution in [0.25, 0.3) is 0 Å². The highest BCUT2D eigenvalue weighted by molar-refractivity contribution is 5.95. The fourth-order valence-electron chi connectivity index (χ4n) is 3.45. The summed E-state index contributed by atoms with van der Waals surface area (Å²) in [6, 6.07) is 3.21. The highest BCUT2D eigenvalue weighted by Crippen LogP contribution is 2.31. The second kappa shape index (κ2) is 6.44. The molecule has 0 saturated carbocycles. The average molecular weight is 304 g/mol. The Morgan fingerprint density at radius 1 is 1.23 bits per heavy atom. The lowest BCUT2D eigenvalue weighted by Crippen LogP contribution is -2.42. The van der Waals surface area contributed by atoms with E-state index in [2.05, 4.69) is 4.98 Å². The first-order valence-corrected chi connectivity index (χ1v) is 7.75. The largest absolute Gasteiger partial charge is 0.477 e. The monoisotopic (exact) mass is 304 g/mol. The molecule has 0 aromatic carbocycles. The van der Waals surface area contributed by atoms with E-state index in [1.54, 1.807) is 6.07 Å². The lowest BCUT2D eigenvalue weighted by atomic mass is 9.90. The molecule has 2 fully saturated rings. The summed E-state index contributed by atoms with van der Waals surface area (Å²) in [6.45, 7) is 2.32. The van der Waals surface area contributed by atoms with Gasteiger partial charge >= 0.3 is 5.97 Å². The van der Waals surface area contributed by atoms with Crippen LogP contribution in [-0.2, 0) is 4.74 Å². The van der Waals surface area contributed by atoms with Crippen LogP contribution in [0.5, 0.6) is 0 Å². The molecule has 3 rings (SSSR count). The van der Waals surface area contributed by atoms with E-state index in [-0.39, 0.29) is 17.6 Å². The lowest BCUT2D eigenvalue weighted by molar-refractivity contribution is 0.0322. The lowest BCUT2D eigenvalue weighted by Gasteiger charge is -2.34. The first-order valence-electron chi connectivity index (χ1n) is 7.75. The van der Waals surface area contributed by atoms with Crippen molar-refractivity contribution in [2.45, 2.75) is 31.7 Å². The Bertz CT molecular complexity index is 552. The number of hydrogen-bond donors (Lipinski definition) is 1. The Hall–Kier alpha value is -1.95. The molecule has 1 amide bonds. The number of pyridine rings is 1. The van der Waals surface area contributed by atoms with Crippen molar-refractivity contribution in [2.24, 2.45) is 5.92 Å². The molecule has 6 heteroatoms. The van der Waals surface area contributed by atoms with Crippen molar-refractivity contribution in [1.29, 1.82) is 0 Å². The van der Waals surface area contributed by atoms with Gasteiger partial charge in [0.2, 0.25) is 0 Å². The molecule has 2 aliphatic rings. The third-order valence-corrected chi connectivity index (χ3v) is 4.60. The van der Waals surface area contributed by atoms with Crippen molar-refractivity contribution in [3.8, 4) is 0 Å². The summed E-state index contributed by atoms with van der Waals surface area (Å²) in [4.78, 5) is 29.3. The van der Waals surface area contributed by atoms with Gasteiger partial charge in [-0.3, -0.25) is 4.79 Å². The minimum absolute atomic E-state index is 0.0426. The van der Waals surface area contributed by atoms with E-state index in [1.807, 2.05) is 4.90 Å². The number of aromatic nitrogens is 1. The number of nitrogens with zero attached hydrogens (tertiary/aromatic N) is 2. The third-order valence-electron chi connectivity index (χ3n) is 4.60. The van der Waals surface area contributed by atoms with Crippen molar-refractivity contribution in [2.75, 3.05) is 19.8 Å². The summed E-state index contributed by atoms with van der Waals surface area (Å²) >= 11 is 0. The topological polar surface area (TPSA) is 79.7 Å². The molecule has 22 heavy (non-hydrogen) atoms. The maximum atomic E-state index is 12.7. The molecule has 0 unspecified atom stereocenters. The number of aromatic carboxylic acids is 1. The molecule has 0 radical (unpaired) electrons. The predicted octanol–water partition coefficient (Wildman–Crippen LogP) is 1.81. The fourth-order valence-corrected chi connectivity index (χ4v) is 3.45. The number of rotatable bonds is 3. The molecule has 0 aliphatic carbocycles. The Morgan fingerprint density at radius 3 is 2.64 bits per heavy atom. The average Bonchev–Trinajstić information content (AvgIpc) is 3.04. The fraction of sp³-hybridized carbons (Fsp3) is 0.562. The SMILES string of the molecule is O=C(O)c1ccc(C(=O)N2CCC[C@@H]2C2CCOCC2)cn1. The smallest absolute Gasteiger partial charge is 0.354 e. The van der Waals surface area contributed by atoms with E-state index in [9.17, 15) is 9.59 Å². The zero-order valence-corrected chi connectivity index (χ0v) is 12.4. The molecule has 3 heterocycles. The quantitative estimate of drug-likeness (QED) is 0.921. The van der Waals surface area contributed by atoms with Crippen LogP contribution in [0, 0.1) is 5.92 Å². The van der Waals surface area contributed by atoms with Crippen LogP contribution in [0.15, 0.2) is 18.3 Å². The zero-order valence-electron chi connectivity index (χ0n) is 12.4. The second-order valence-corrected chi connectivity index (χ2v) is 5.90. The van der Waals surface area contributed by atoms with Crippen LogP contribution in [0.4, 0.5) is 0 Å². The van der Waals surface area contributed by atoms with E-state index in [1.165, 1.54) is 12.3 Å². The molecule has 1 aromatic heterocycles. The minimum atomic E-state index is -1.08. The standard InChI is InChI=1S/C16H20N2O4/c19-15(12-3-4-13(16(20)21)17-10-12)18-7-1-2-14(18)11-5-8-22-9-6-11/h3-4,10-11,14H,1-2,5-9H2,(H,20,21)/t14-/m1/s1. The molecular formula is C16H20N2O4. The van der Waals surface area contributed by atoms with Crippen LogP contribution in [0.2, 0.25) is 0 Å². The Kier molecular flexibility index (Phi) is 4.38. The van der Waals surface area contributed by atoms with E-state index >= 15 is 0 Å². The normalized spacial score (nSPS) is 22.7. The molecule has 0 bridgehead atoms. The van der Waals surface area contributed by atoms with Crippen molar-refractivity contribution < 1.29 is 19.4 Å². The summed E-state index contributed by atoms with van der Waals surface area (Å²) in [7, 11) is 0. The van der Waals surface area contributed by atoms with Gasteiger partial charge in [0.15, 0.2) is 0 Å². The van der Waals surface area contributed by atoms with E-state index < -0.39 is 5.97 Å². The number of carboxylic acid groups (broad SMARTS) is 1. The first-order chi connectivity index (χ1) is 10.7. The summed E-state index contributed by atoms with van der Waals surface area (Å²) in [5.74, 6) is -0.620. The number of carboxylic acids is 1. The number of amides is 1. The molecule has 2 saturated heterocycles. The van der Waals surface area contributed by atoms with E-state index in [0.717, 1.165) is 45.4 Å². The molecular weight excluding hydrogens is 284 g/mol. The summed E-state index contributed by atoms with van der Waals surface area (Å²) in [5.41, 5.74) is 0.419. The Morgan fingerprint density at radius 2 is 2.00 bits per heavy atom. The van der Waals surface area contributed by atoms with Gasteiger partial charge in [-0.1, -0.05) is 0 Å². The maximum Gasteiger partial charge on any atom is 0.354 e. The highest BCUT2D eigenvalue weighted by atomic mass is 16.5. The zero-order chi connectivity index (χ0) is 15.5. The number of ether oxygens (including phenoxy) is 1. The molecule has 2 aliphatic heterocycles. The van der Waals surface area contributed by atoms with Crippen LogP contribution >= 0.6 is 0 Å². The molecule has 1 N–H and O–H groups in total. The second-order valence-electron chi connectivity index (χ2n) is 5.90. The Labute approximate surface area is 129 Å². The summed E-state index contributed by atoms with van der Waals surface area (Å²) < 4.78 is 5.41. The molecule has 118 valence electrons. The molecule has 6 nitrogen and oxygen atoms in total. The van der Waals surface area contributed by atoms with Crippen molar-refractivity contribution in [3.05, 3.63) is 29.6 Å². The van der Waals surface area contributed by atoms with Crippen molar-refractivity contribution in [3.63, 3.8) is 0 Å². The van der Waals surface area contributed by atoms with Crippen molar-refractivity contribution >= 4 is 11.9 Å².